The topological polar surface area (TPSA) is 84.9 Å². The maximum Gasteiger partial charge on any atom is 0.407 e. The van der Waals surface area contributed by atoms with Crippen molar-refractivity contribution in [2.45, 2.75) is 12.7 Å². The normalized spacial score (nSPS) is 12.3. The molecule has 0 aliphatic rings. The second-order valence-corrected chi connectivity index (χ2v) is 2.12. The molecule has 82 valence electrons. The number of methoxy groups -OCH3 is 1. The van der Waals surface area contributed by atoms with Crippen LogP contribution in [-0.2, 0) is 14.3 Å². The highest BCUT2D eigenvalue weighted by molar-refractivity contribution is 5.79. The summed E-state index contributed by atoms with van der Waals surface area (Å²) in [6, 6.07) is -1.56. The fourth-order valence-electron chi connectivity index (χ4n) is 0.545. The van der Waals surface area contributed by atoms with E-state index < -0.39 is 31.3 Å². The van der Waals surface area contributed by atoms with Gasteiger partial charge >= 0.3 is 18.7 Å². The molecule has 0 saturated carbocycles. The van der Waals surface area contributed by atoms with Gasteiger partial charge in [-0.05, 0) is 0 Å². The van der Waals surface area contributed by atoms with Crippen molar-refractivity contribution in [3.8, 4) is 0 Å². The van der Waals surface area contributed by atoms with Crippen molar-refractivity contribution >= 4 is 12.1 Å². The Kier molecular flexibility index (Phi) is 5.46. The second kappa shape index (κ2) is 6.08. The number of aliphatic carboxylic acids is 1. The number of alkyl carbamates (subject to hydrolysis) is 1. The molecule has 0 heterocycles. The number of ether oxygens (including phenoxy) is 2. The lowest BCUT2D eigenvalue weighted by Crippen LogP contribution is -2.44. The smallest absolute Gasteiger partial charge is 0.407 e. The van der Waals surface area contributed by atoms with E-state index in [-0.39, 0.29) is 0 Å². The summed E-state index contributed by atoms with van der Waals surface area (Å²) < 4.78 is 30.8. The van der Waals surface area contributed by atoms with Crippen molar-refractivity contribution in [2.75, 3.05) is 13.7 Å². The summed E-state index contributed by atoms with van der Waals surface area (Å²) in [5.74, 6) is -1.49. The molecule has 0 aliphatic carbocycles. The Morgan fingerprint density at radius 2 is 2.07 bits per heavy atom. The molecule has 0 aromatic rings. The van der Waals surface area contributed by atoms with Gasteiger partial charge in [0.1, 0.15) is 0 Å². The van der Waals surface area contributed by atoms with Crippen LogP contribution in [-0.4, -0.2) is 43.5 Å². The van der Waals surface area contributed by atoms with Crippen molar-refractivity contribution in [3.63, 3.8) is 0 Å². The summed E-state index contributed by atoms with van der Waals surface area (Å²) in [5.41, 5.74) is 0. The van der Waals surface area contributed by atoms with E-state index in [4.69, 9.17) is 5.11 Å². The molecular formula is C6H9F2NO5. The van der Waals surface area contributed by atoms with E-state index in [2.05, 4.69) is 9.47 Å². The number of carboxylic acid groups (broad SMARTS) is 1. The van der Waals surface area contributed by atoms with Gasteiger partial charge in [0.15, 0.2) is 6.04 Å². The van der Waals surface area contributed by atoms with Gasteiger partial charge in [0.2, 0.25) is 0 Å². The van der Waals surface area contributed by atoms with E-state index in [0.717, 1.165) is 7.11 Å². The second-order valence-electron chi connectivity index (χ2n) is 2.12. The number of amides is 1. The summed E-state index contributed by atoms with van der Waals surface area (Å²) >= 11 is 0. The maximum absolute atomic E-state index is 11.5. The minimum absolute atomic E-state index is 0.831. The molecular weight excluding hydrogens is 204 g/mol. The van der Waals surface area contributed by atoms with Gasteiger partial charge in [-0.1, -0.05) is 0 Å². The molecule has 0 bridgehead atoms. The fourth-order valence-corrected chi connectivity index (χ4v) is 0.545. The van der Waals surface area contributed by atoms with Crippen LogP contribution in [0, 0.1) is 0 Å². The monoisotopic (exact) mass is 213 g/mol. The molecule has 0 rings (SSSR count). The van der Waals surface area contributed by atoms with Crippen molar-refractivity contribution in [1.82, 2.24) is 5.32 Å². The Bertz CT molecular complexity index is 210. The number of carboxylic acids is 1. The largest absolute Gasteiger partial charge is 0.480 e. The van der Waals surface area contributed by atoms with Gasteiger partial charge in [0, 0.05) is 0 Å². The number of alkyl halides is 2. The van der Waals surface area contributed by atoms with Gasteiger partial charge in [0.05, 0.1) is 13.7 Å². The standard InChI is InChI=1S/C6H9F2NO5/c1-13-6(12)9-3(4(10)11)2-14-5(7)8/h3,5H,2H2,1H3,(H,9,12)(H,10,11)/t3-/m1/s1. The van der Waals surface area contributed by atoms with Gasteiger partial charge in [-0.15, -0.1) is 0 Å². The highest BCUT2D eigenvalue weighted by Crippen LogP contribution is 1.97. The van der Waals surface area contributed by atoms with E-state index >= 15 is 0 Å². The molecule has 0 radical (unpaired) electrons. The van der Waals surface area contributed by atoms with Gasteiger partial charge in [0.25, 0.3) is 0 Å². The molecule has 0 aromatic heterocycles. The average Bonchev–Trinajstić information content (AvgIpc) is 2.10. The lowest BCUT2D eigenvalue weighted by atomic mass is 10.3. The lowest BCUT2D eigenvalue weighted by molar-refractivity contribution is -0.153. The molecule has 0 fully saturated rings. The van der Waals surface area contributed by atoms with E-state index in [1.54, 1.807) is 5.32 Å². The van der Waals surface area contributed by atoms with E-state index in [9.17, 15) is 18.4 Å². The molecule has 0 aromatic carbocycles. The first-order chi connectivity index (χ1) is 6.47. The number of carbonyl (C=O) groups is 2. The van der Waals surface area contributed by atoms with Crippen LogP contribution in [0.3, 0.4) is 0 Å². The molecule has 0 saturated heterocycles. The molecule has 0 spiro atoms. The van der Waals surface area contributed by atoms with E-state index in [1.807, 2.05) is 0 Å². The van der Waals surface area contributed by atoms with Crippen LogP contribution in [0.2, 0.25) is 0 Å². The number of halogens is 2. The zero-order valence-electron chi connectivity index (χ0n) is 7.20. The van der Waals surface area contributed by atoms with Crippen molar-refractivity contribution in [2.24, 2.45) is 0 Å². The minimum Gasteiger partial charge on any atom is -0.480 e. The molecule has 1 amide bonds. The maximum atomic E-state index is 11.5. The predicted molar refractivity (Wildman–Crippen MR) is 38.9 cm³/mol. The van der Waals surface area contributed by atoms with Crippen LogP contribution in [0.5, 0.6) is 0 Å². The average molecular weight is 213 g/mol. The Morgan fingerprint density at radius 1 is 1.50 bits per heavy atom. The molecule has 1 atom stereocenters. The molecule has 8 heteroatoms. The Labute approximate surface area is 77.8 Å². The van der Waals surface area contributed by atoms with Gasteiger partial charge in [-0.2, -0.15) is 8.78 Å². The first kappa shape index (κ1) is 12.6. The van der Waals surface area contributed by atoms with Crippen LogP contribution in [0.25, 0.3) is 0 Å². The summed E-state index contributed by atoms with van der Waals surface area (Å²) in [5, 5.41) is 10.2. The molecule has 0 unspecified atom stereocenters. The predicted octanol–water partition coefficient (Wildman–Crippen LogP) is 0.0348. The van der Waals surface area contributed by atoms with E-state index in [0.29, 0.717) is 0 Å². The summed E-state index contributed by atoms with van der Waals surface area (Å²) in [6.45, 7) is -3.92. The summed E-state index contributed by atoms with van der Waals surface area (Å²) in [6.07, 6.45) is -1.03. The van der Waals surface area contributed by atoms with Crippen LogP contribution in [0.1, 0.15) is 0 Å². The SMILES string of the molecule is COC(=O)N[C@H](COC(F)F)C(=O)O. The number of nitrogens with one attached hydrogen (secondary N) is 1. The number of rotatable bonds is 5. The Hall–Kier alpha value is -1.44. The summed E-state index contributed by atoms with van der Waals surface area (Å²) in [4.78, 5) is 20.9. The third-order valence-corrected chi connectivity index (χ3v) is 1.16. The number of hydrogen-bond donors (Lipinski definition) is 2. The number of carbonyl (C=O) groups excluding carboxylic acids is 1. The number of hydrogen-bond acceptors (Lipinski definition) is 4. The molecule has 14 heavy (non-hydrogen) atoms. The third-order valence-electron chi connectivity index (χ3n) is 1.16. The van der Waals surface area contributed by atoms with Crippen LogP contribution >= 0.6 is 0 Å². The van der Waals surface area contributed by atoms with Gasteiger partial charge in [-0.3, -0.25) is 0 Å². The quantitative estimate of drug-likeness (QED) is 0.673. The zero-order valence-corrected chi connectivity index (χ0v) is 7.20. The first-order valence-corrected chi connectivity index (χ1v) is 3.44. The van der Waals surface area contributed by atoms with Crippen molar-refractivity contribution in [1.29, 1.82) is 0 Å². The first-order valence-electron chi connectivity index (χ1n) is 3.44. The summed E-state index contributed by atoms with van der Waals surface area (Å²) in [7, 11) is 1.02. The molecule has 2 N–H and O–H groups in total. The highest BCUT2D eigenvalue weighted by Gasteiger charge is 2.21. The Morgan fingerprint density at radius 3 is 2.43 bits per heavy atom. The molecule has 6 nitrogen and oxygen atoms in total. The zero-order chi connectivity index (χ0) is 11.1. The highest BCUT2D eigenvalue weighted by atomic mass is 19.3. The Balaban J connectivity index is 4.03. The van der Waals surface area contributed by atoms with Gasteiger partial charge < -0.3 is 19.9 Å². The third kappa shape index (κ3) is 5.25. The minimum atomic E-state index is -3.09. The van der Waals surface area contributed by atoms with Crippen LogP contribution in [0.15, 0.2) is 0 Å². The van der Waals surface area contributed by atoms with Crippen molar-refractivity contribution in [3.05, 3.63) is 0 Å². The lowest BCUT2D eigenvalue weighted by Gasteiger charge is -2.12. The van der Waals surface area contributed by atoms with E-state index in [1.165, 1.54) is 0 Å². The van der Waals surface area contributed by atoms with Crippen molar-refractivity contribution < 1.29 is 33.0 Å². The van der Waals surface area contributed by atoms with Crippen LogP contribution < -0.4 is 5.32 Å². The van der Waals surface area contributed by atoms with Gasteiger partial charge in [-0.25, -0.2) is 9.59 Å². The van der Waals surface area contributed by atoms with Crippen LogP contribution in [0.4, 0.5) is 13.6 Å². The fraction of sp³-hybridized carbons (Fsp3) is 0.667. The molecule has 0 aliphatic heterocycles.